The second kappa shape index (κ2) is 7.19. The first-order valence-corrected chi connectivity index (χ1v) is 9.54. The fourth-order valence-electron chi connectivity index (χ4n) is 3.65. The lowest BCUT2D eigenvalue weighted by atomic mass is 9.98. The van der Waals surface area contributed by atoms with E-state index in [1.54, 1.807) is 23.7 Å². The molecule has 0 bridgehead atoms. The minimum atomic E-state index is 0.0540. The zero-order valence-corrected chi connectivity index (χ0v) is 15.1. The van der Waals surface area contributed by atoms with Crippen LogP contribution in [-0.2, 0) is 11.3 Å². The Kier molecular flexibility index (Phi) is 4.78. The lowest BCUT2D eigenvalue weighted by Crippen LogP contribution is -2.61. The van der Waals surface area contributed by atoms with Crippen molar-refractivity contribution in [2.24, 2.45) is 0 Å². The van der Waals surface area contributed by atoms with Gasteiger partial charge in [0.15, 0.2) is 0 Å². The van der Waals surface area contributed by atoms with Gasteiger partial charge in [-0.25, -0.2) is 4.98 Å². The summed E-state index contributed by atoms with van der Waals surface area (Å²) in [6.07, 6.45) is 4.41. The number of ether oxygens (including phenoxy) is 1. The molecule has 0 aliphatic carbocycles. The van der Waals surface area contributed by atoms with E-state index >= 15 is 0 Å². The summed E-state index contributed by atoms with van der Waals surface area (Å²) in [6, 6.07) is 3.73. The van der Waals surface area contributed by atoms with Gasteiger partial charge >= 0.3 is 0 Å². The van der Waals surface area contributed by atoms with Gasteiger partial charge in [0.2, 0.25) is 0 Å². The molecule has 6 nitrogen and oxygen atoms in total. The quantitative estimate of drug-likeness (QED) is 0.839. The molecule has 0 saturated carbocycles. The van der Waals surface area contributed by atoms with Gasteiger partial charge in [0, 0.05) is 43.1 Å². The lowest BCUT2D eigenvalue weighted by Gasteiger charge is -2.46. The van der Waals surface area contributed by atoms with Gasteiger partial charge in [0.05, 0.1) is 30.9 Å². The lowest BCUT2D eigenvalue weighted by molar-refractivity contribution is -0.0914. The Morgan fingerprint density at radius 2 is 2.36 bits per heavy atom. The molecule has 2 saturated heterocycles. The number of morpholine rings is 1. The second-order valence-electron chi connectivity index (χ2n) is 6.62. The average Bonchev–Trinajstić information content (AvgIpc) is 3.06. The van der Waals surface area contributed by atoms with E-state index in [1.165, 1.54) is 0 Å². The number of rotatable bonds is 3. The molecule has 2 aromatic heterocycles. The Hall–Kier alpha value is -1.83. The van der Waals surface area contributed by atoms with Crippen LogP contribution >= 0.6 is 11.3 Å². The van der Waals surface area contributed by atoms with Gasteiger partial charge in [-0.2, -0.15) is 0 Å². The molecule has 2 aliphatic heterocycles. The number of carbonyl (C=O) groups is 1. The molecule has 7 heteroatoms. The number of nitrogens with zero attached hydrogens (tertiary/aromatic N) is 4. The zero-order valence-electron chi connectivity index (χ0n) is 14.3. The van der Waals surface area contributed by atoms with Gasteiger partial charge < -0.3 is 9.64 Å². The van der Waals surface area contributed by atoms with Crippen molar-refractivity contribution in [3.8, 4) is 0 Å². The third kappa shape index (κ3) is 3.58. The summed E-state index contributed by atoms with van der Waals surface area (Å²) in [4.78, 5) is 25.9. The molecule has 4 rings (SSSR count). The van der Waals surface area contributed by atoms with Gasteiger partial charge in [-0.05, 0) is 25.5 Å². The summed E-state index contributed by atoms with van der Waals surface area (Å²) in [5.74, 6) is 0.0540. The second-order valence-corrected chi connectivity index (χ2v) is 7.57. The molecule has 4 heterocycles. The summed E-state index contributed by atoms with van der Waals surface area (Å²) in [5.41, 5.74) is 1.72. The number of thiazole rings is 1. The van der Waals surface area contributed by atoms with Crippen LogP contribution in [0.5, 0.6) is 0 Å². The smallest absolute Gasteiger partial charge is 0.255 e. The van der Waals surface area contributed by atoms with Crippen molar-refractivity contribution in [3.63, 3.8) is 0 Å². The van der Waals surface area contributed by atoms with Crippen molar-refractivity contribution in [2.45, 2.75) is 32.0 Å². The number of aromatic nitrogens is 2. The Labute approximate surface area is 151 Å². The minimum Gasteiger partial charge on any atom is -0.374 e. The van der Waals surface area contributed by atoms with Crippen LogP contribution in [0.4, 0.5) is 0 Å². The monoisotopic (exact) mass is 358 g/mol. The van der Waals surface area contributed by atoms with Crippen LogP contribution in [-0.4, -0.2) is 64.1 Å². The predicted octanol–water partition coefficient (Wildman–Crippen LogP) is 1.96. The molecular weight excluding hydrogens is 336 g/mol. The van der Waals surface area contributed by atoms with E-state index in [-0.39, 0.29) is 18.1 Å². The highest BCUT2D eigenvalue weighted by Crippen LogP contribution is 2.26. The van der Waals surface area contributed by atoms with Crippen molar-refractivity contribution < 1.29 is 9.53 Å². The Morgan fingerprint density at radius 1 is 1.44 bits per heavy atom. The molecule has 0 N–H and O–H groups in total. The van der Waals surface area contributed by atoms with Crippen molar-refractivity contribution in [1.29, 1.82) is 0 Å². The first-order chi connectivity index (χ1) is 12.2. The normalized spacial score (nSPS) is 24.1. The Balaban J connectivity index is 1.48. The van der Waals surface area contributed by atoms with Crippen LogP contribution in [0.2, 0.25) is 0 Å². The summed E-state index contributed by atoms with van der Waals surface area (Å²) in [5, 5.41) is 3.22. The van der Waals surface area contributed by atoms with Gasteiger partial charge in [0.1, 0.15) is 5.01 Å². The molecule has 0 aromatic carbocycles. The summed E-state index contributed by atoms with van der Waals surface area (Å²) < 4.78 is 5.95. The van der Waals surface area contributed by atoms with Crippen LogP contribution in [0.15, 0.2) is 29.9 Å². The fourth-order valence-corrected chi connectivity index (χ4v) is 4.47. The molecule has 132 valence electrons. The summed E-state index contributed by atoms with van der Waals surface area (Å²) in [6.45, 7) is 5.92. The van der Waals surface area contributed by atoms with E-state index in [9.17, 15) is 4.79 Å². The van der Waals surface area contributed by atoms with E-state index in [1.807, 2.05) is 24.0 Å². The van der Waals surface area contributed by atoms with Crippen LogP contribution in [0.25, 0.3) is 0 Å². The first-order valence-electron chi connectivity index (χ1n) is 8.66. The van der Waals surface area contributed by atoms with Crippen molar-refractivity contribution in [3.05, 3.63) is 46.2 Å². The first kappa shape index (κ1) is 16.6. The van der Waals surface area contributed by atoms with Crippen LogP contribution in [0.3, 0.4) is 0 Å². The van der Waals surface area contributed by atoms with E-state index in [0.29, 0.717) is 18.7 Å². The van der Waals surface area contributed by atoms with Crippen molar-refractivity contribution >= 4 is 17.2 Å². The summed E-state index contributed by atoms with van der Waals surface area (Å²) in [7, 11) is 0. The molecule has 2 aliphatic rings. The van der Waals surface area contributed by atoms with Crippen LogP contribution in [0.1, 0.15) is 27.5 Å². The zero-order chi connectivity index (χ0) is 17.2. The highest BCUT2D eigenvalue weighted by Gasteiger charge is 2.39. The Morgan fingerprint density at radius 3 is 3.12 bits per heavy atom. The van der Waals surface area contributed by atoms with Crippen molar-refractivity contribution in [2.75, 3.05) is 26.2 Å². The number of fused-ring (bicyclic) bond motifs is 1. The summed E-state index contributed by atoms with van der Waals surface area (Å²) >= 11 is 1.70. The van der Waals surface area contributed by atoms with E-state index < -0.39 is 0 Å². The predicted molar refractivity (Wildman–Crippen MR) is 95.5 cm³/mol. The maximum atomic E-state index is 12.9. The number of pyridine rings is 1. The van der Waals surface area contributed by atoms with Gasteiger partial charge in [0.25, 0.3) is 5.91 Å². The minimum absolute atomic E-state index is 0.0540. The van der Waals surface area contributed by atoms with E-state index in [0.717, 1.165) is 36.8 Å². The topological polar surface area (TPSA) is 58.6 Å². The van der Waals surface area contributed by atoms with Crippen LogP contribution in [0, 0.1) is 6.92 Å². The van der Waals surface area contributed by atoms with Gasteiger partial charge in [-0.3, -0.25) is 14.7 Å². The fraction of sp³-hybridized carbons (Fsp3) is 0.500. The maximum Gasteiger partial charge on any atom is 0.255 e. The molecule has 25 heavy (non-hydrogen) atoms. The molecule has 0 radical (unpaired) electrons. The van der Waals surface area contributed by atoms with E-state index in [2.05, 4.69) is 20.2 Å². The average molecular weight is 358 g/mol. The number of aryl methyl sites for hydroxylation is 1. The largest absolute Gasteiger partial charge is 0.374 e. The molecule has 2 fully saturated rings. The van der Waals surface area contributed by atoms with E-state index in [4.69, 9.17) is 4.74 Å². The third-order valence-electron chi connectivity index (χ3n) is 4.86. The SMILES string of the molecule is Cc1csc(CN2CC[C@@H]3OCCN(C(=O)c4cccnc4)[C@H]3C2)n1. The molecule has 2 atom stereocenters. The number of hydrogen-bond acceptors (Lipinski definition) is 6. The molecule has 0 unspecified atom stereocenters. The Bertz CT molecular complexity index is 736. The number of likely N-dealkylation sites (tertiary alicyclic amines) is 1. The molecule has 1 amide bonds. The molecule has 2 aromatic rings. The number of amides is 1. The molecule has 0 spiro atoms. The molecular formula is C18H22N4O2S. The highest BCUT2D eigenvalue weighted by molar-refractivity contribution is 7.09. The highest BCUT2D eigenvalue weighted by atomic mass is 32.1. The number of hydrogen-bond donors (Lipinski definition) is 0. The number of carbonyl (C=O) groups excluding carboxylic acids is 1. The van der Waals surface area contributed by atoms with Crippen LogP contribution < -0.4 is 0 Å². The third-order valence-corrected chi connectivity index (χ3v) is 5.81. The van der Waals surface area contributed by atoms with Crippen molar-refractivity contribution in [1.82, 2.24) is 19.8 Å². The number of piperidine rings is 1. The standard InChI is InChI=1S/C18H22N4O2S/c1-13-12-25-17(20-13)11-21-6-4-16-15(10-21)22(7-8-24-16)18(23)14-3-2-5-19-9-14/h2-3,5,9,12,15-16H,4,6-8,10-11H2,1H3/t15-,16-/m0/s1. The maximum absolute atomic E-state index is 12.9. The van der Waals surface area contributed by atoms with Gasteiger partial charge in [-0.15, -0.1) is 11.3 Å². The van der Waals surface area contributed by atoms with Gasteiger partial charge in [-0.1, -0.05) is 0 Å².